The number of aliphatic carboxylic acids is 1. The molecule has 1 atom stereocenters. The van der Waals surface area contributed by atoms with Gasteiger partial charge >= 0.3 is 5.97 Å². The van der Waals surface area contributed by atoms with Gasteiger partial charge in [0.1, 0.15) is 6.10 Å². The lowest BCUT2D eigenvalue weighted by Crippen LogP contribution is -2.35. The molecule has 0 saturated carbocycles. The first-order valence-electron chi connectivity index (χ1n) is 5.11. The topological polar surface area (TPSA) is 86.6 Å². The summed E-state index contributed by atoms with van der Waals surface area (Å²) < 4.78 is 0. The van der Waals surface area contributed by atoms with Gasteiger partial charge in [-0.1, -0.05) is 13.8 Å². The summed E-state index contributed by atoms with van der Waals surface area (Å²) in [4.78, 5) is 21.4. The van der Waals surface area contributed by atoms with Crippen LogP contribution < -0.4 is 5.32 Å². The average Bonchev–Trinajstić information content (AvgIpc) is 2.13. The maximum absolute atomic E-state index is 11.2. The molecule has 0 spiro atoms. The molecule has 3 N–H and O–H groups in total. The van der Waals surface area contributed by atoms with Crippen molar-refractivity contribution in [3.05, 3.63) is 0 Å². The van der Waals surface area contributed by atoms with E-state index in [9.17, 15) is 14.7 Å². The van der Waals surface area contributed by atoms with E-state index in [1.54, 1.807) is 0 Å². The number of carbonyl (C=O) groups excluding carboxylic acids is 1. The molecule has 0 aromatic heterocycles. The molecule has 1 amide bonds. The molecule has 0 aliphatic carbocycles. The summed E-state index contributed by atoms with van der Waals surface area (Å²) in [5.41, 5.74) is 0. The van der Waals surface area contributed by atoms with Crippen molar-refractivity contribution in [2.24, 2.45) is 5.92 Å². The van der Waals surface area contributed by atoms with Crippen molar-refractivity contribution < 1.29 is 19.8 Å². The van der Waals surface area contributed by atoms with Gasteiger partial charge in [0.05, 0.1) is 0 Å². The lowest BCUT2D eigenvalue weighted by molar-refractivity contribution is -0.138. The van der Waals surface area contributed by atoms with Gasteiger partial charge in [0.15, 0.2) is 0 Å². The molecule has 0 fully saturated rings. The van der Waals surface area contributed by atoms with Gasteiger partial charge in [-0.05, 0) is 18.8 Å². The number of nitrogens with one attached hydrogen (secondary N) is 1. The van der Waals surface area contributed by atoms with E-state index >= 15 is 0 Å². The van der Waals surface area contributed by atoms with Crippen LogP contribution in [0.4, 0.5) is 0 Å². The Morgan fingerprint density at radius 3 is 2.33 bits per heavy atom. The first-order valence-corrected chi connectivity index (χ1v) is 5.11. The summed E-state index contributed by atoms with van der Waals surface area (Å²) in [6.07, 6.45) is -0.604. The fraction of sp³-hybridized carbons (Fsp3) is 0.800. The first-order chi connectivity index (χ1) is 6.93. The van der Waals surface area contributed by atoms with Crippen molar-refractivity contribution in [1.82, 2.24) is 5.32 Å². The van der Waals surface area contributed by atoms with Gasteiger partial charge in [-0.2, -0.15) is 0 Å². The summed E-state index contributed by atoms with van der Waals surface area (Å²) in [5, 5.41) is 20.2. The number of carboxylic acid groups (broad SMARTS) is 1. The van der Waals surface area contributed by atoms with E-state index in [0.717, 1.165) is 6.42 Å². The molecule has 0 saturated heterocycles. The Hall–Kier alpha value is -1.10. The maximum atomic E-state index is 11.2. The molecule has 0 radical (unpaired) electrons. The molecule has 0 bridgehead atoms. The lowest BCUT2D eigenvalue weighted by atomic mass is 10.1. The zero-order chi connectivity index (χ0) is 11.8. The van der Waals surface area contributed by atoms with Crippen LogP contribution in [0.1, 0.15) is 33.1 Å². The molecule has 88 valence electrons. The lowest BCUT2D eigenvalue weighted by Gasteiger charge is -2.11. The van der Waals surface area contributed by atoms with Crippen molar-refractivity contribution >= 4 is 11.9 Å². The summed E-state index contributed by atoms with van der Waals surface area (Å²) >= 11 is 0. The van der Waals surface area contributed by atoms with Gasteiger partial charge in [0, 0.05) is 13.0 Å². The Morgan fingerprint density at radius 1 is 1.27 bits per heavy atom. The second-order valence-electron chi connectivity index (χ2n) is 3.92. The number of rotatable bonds is 7. The average molecular weight is 217 g/mol. The van der Waals surface area contributed by atoms with Gasteiger partial charge in [-0.25, -0.2) is 0 Å². The fourth-order valence-electron chi connectivity index (χ4n) is 0.993. The van der Waals surface area contributed by atoms with E-state index in [4.69, 9.17) is 5.11 Å². The normalized spacial score (nSPS) is 12.5. The van der Waals surface area contributed by atoms with E-state index in [1.165, 1.54) is 0 Å². The summed E-state index contributed by atoms with van der Waals surface area (Å²) in [5.74, 6) is -1.01. The van der Waals surface area contributed by atoms with Crippen LogP contribution in [-0.2, 0) is 9.59 Å². The smallest absolute Gasteiger partial charge is 0.303 e. The largest absolute Gasteiger partial charge is 0.481 e. The fourth-order valence-corrected chi connectivity index (χ4v) is 0.993. The molecule has 5 nitrogen and oxygen atoms in total. The Bertz CT molecular complexity index is 215. The second-order valence-corrected chi connectivity index (χ2v) is 3.92. The molecule has 0 heterocycles. The molecule has 15 heavy (non-hydrogen) atoms. The minimum absolute atomic E-state index is 0.0388. The van der Waals surface area contributed by atoms with E-state index < -0.39 is 18.0 Å². The Balaban J connectivity index is 3.64. The van der Waals surface area contributed by atoms with Crippen molar-refractivity contribution in [3.63, 3.8) is 0 Å². The van der Waals surface area contributed by atoms with Crippen molar-refractivity contribution in [2.75, 3.05) is 6.54 Å². The minimum atomic E-state index is -1.21. The summed E-state index contributed by atoms with van der Waals surface area (Å²) in [6, 6.07) is 0. The van der Waals surface area contributed by atoms with Crippen LogP contribution in [0.3, 0.4) is 0 Å². The van der Waals surface area contributed by atoms with Crippen molar-refractivity contribution in [3.8, 4) is 0 Å². The molecule has 0 rings (SSSR count). The number of aliphatic hydroxyl groups excluding tert-OH is 1. The van der Waals surface area contributed by atoms with E-state index in [1.807, 2.05) is 13.8 Å². The molecule has 0 aliphatic rings. The number of carboxylic acids is 1. The molecule has 0 aromatic rings. The van der Waals surface area contributed by atoms with Gasteiger partial charge in [0.25, 0.3) is 0 Å². The predicted octanol–water partition coefficient (Wildman–Crippen LogP) is 0.374. The highest BCUT2D eigenvalue weighted by Crippen LogP contribution is 1.99. The van der Waals surface area contributed by atoms with Crippen LogP contribution in [0.25, 0.3) is 0 Å². The van der Waals surface area contributed by atoms with E-state index in [0.29, 0.717) is 12.5 Å². The van der Waals surface area contributed by atoms with Crippen LogP contribution >= 0.6 is 0 Å². The predicted molar refractivity (Wildman–Crippen MR) is 55.3 cm³/mol. The van der Waals surface area contributed by atoms with Crippen LogP contribution in [0.5, 0.6) is 0 Å². The first kappa shape index (κ1) is 13.9. The van der Waals surface area contributed by atoms with Gasteiger partial charge in [0.2, 0.25) is 5.91 Å². The third-order valence-electron chi connectivity index (χ3n) is 1.96. The minimum Gasteiger partial charge on any atom is -0.481 e. The summed E-state index contributed by atoms with van der Waals surface area (Å²) in [6.45, 7) is 4.58. The Kier molecular flexibility index (Phi) is 6.70. The number of hydrogen-bond acceptors (Lipinski definition) is 3. The summed E-state index contributed by atoms with van der Waals surface area (Å²) in [7, 11) is 0. The third-order valence-corrected chi connectivity index (χ3v) is 1.96. The van der Waals surface area contributed by atoms with Gasteiger partial charge < -0.3 is 15.5 Å². The Labute approximate surface area is 89.5 Å². The molecule has 5 heteroatoms. The van der Waals surface area contributed by atoms with Crippen molar-refractivity contribution in [2.45, 2.75) is 39.2 Å². The van der Waals surface area contributed by atoms with Crippen LogP contribution in [-0.4, -0.2) is 34.7 Å². The number of amides is 1. The molecular formula is C10H19NO4. The van der Waals surface area contributed by atoms with Crippen LogP contribution in [0, 0.1) is 5.92 Å². The van der Waals surface area contributed by atoms with E-state index in [-0.39, 0.29) is 12.8 Å². The SMILES string of the molecule is CC(C)CCNC(=O)[C@H](O)CCC(=O)O. The zero-order valence-electron chi connectivity index (χ0n) is 9.19. The zero-order valence-corrected chi connectivity index (χ0v) is 9.19. The standard InChI is InChI=1S/C10H19NO4/c1-7(2)5-6-11-10(15)8(12)3-4-9(13)14/h7-8,12H,3-6H2,1-2H3,(H,11,15)(H,13,14)/t8-/m1/s1. The number of aliphatic hydroxyl groups is 1. The molecular weight excluding hydrogens is 198 g/mol. The van der Waals surface area contributed by atoms with Gasteiger partial charge in [-0.15, -0.1) is 0 Å². The highest BCUT2D eigenvalue weighted by Gasteiger charge is 2.15. The quantitative estimate of drug-likeness (QED) is 0.575. The monoisotopic (exact) mass is 217 g/mol. The van der Waals surface area contributed by atoms with Crippen LogP contribution in [0.15, 0.2) is 0 Å². The van der Waals surface area contributed by atoms with Gasteiger partial charge in [-0.3, -0.25) is 9.59 Å². The van der Waals surface area contributed by atoms with Crippen molar-refractivity contribution in [1.29, 1.82) is 0 Å². The third kappa shape index (κ3) is 7.93. The number of carbonyl (C=O) groups is 2. The second kappa shape index (κ2) is 7.23. The number of hydrogen-bond donors (Lipinski definition) is 3. The Morgan fingerprint density at radius 2 is 1.87 bits per heavy atom. The molecule has 0 aliphatic heterocycles. The van der Waals surface area contributed by atoms with E-state index in [2.05, 4.69) is 5.32 Å². The highest BCUT2D eigenvalue weighted by atomic mass is 16.4. The van der Waals surface area contributed by atoms with Crippen LogP contribution in [0.2, 0.25) is 0 Å². The maximum Gasteiger partial charge on any atom is 0.303 e. The highest BCUT2D eigenvalue weighted by molar-refractivity contribution is 5.81. The molecule has 0 aromatic carbocycles. The molecule has 0 unspecified atom stereocenters.